The Hall–Kier alpha value is -1.56. The van der Waals surface area contributed by atoms with Gasteiger partial charge in [0.25, 0.3) is 0 Å². The Morgan fingerprint density at radius 2 is 1.89 bits per heavy atom. The van der Waals surface area contributed by atoms with E-state index in [1.165, 1.54) is 0 Å². The Kier molecular flexibility index (Phi) is 5.15. The highest BCUT2D eigenvalue weighted by atomic mass is 19.2. The van der Waals surface area contributed by atoms with Crippen molar-refractivity contribution in [3.05, 3.63) is 35.1 Å². The average Bonchev–Trinajstić information content (AvgIpc) is 2.26. The van der Waals surface area contributed by atoms with Crippen LogP contribution in [-0.2, 0) is 16.0 Å². The summed E-state index contributed by atoms with van der Waals surface area (Å²) in [6.07, 6.45) is -1.82. The lowest BCUT2D eigenvalue weighted by Crippen LogP contribution is -2.18. The molecule has 0 bridgehead atoms. The maximum absolute atomic E-state index is 13.2. The van der Waals surface area contributed by atoms with Gasteiger partial charge in [0.1, 0.15) is 5.82 Å². The molecule has 3 nitrogen and oxygen atoms in total. The van der Waals surface area contributed by atoms with Gasteiger partial charge < -0.3 is 9.84 Å². The van der Waals surface area contributed by atoms with Crippen LogP contribution in [0.15, 0.2) is 12.1 Å². The lowest BCUT2D eigenvalue weighted by molar-refractivity contribution is -0.145. The number of hydrogen-bond acceptors (Lipinski definition) is 3. The fourth-order valence-electron chi connectivity index (χ4n) is 1.46. The second kappa shape index (κ2) is 6.39. The van der Waals surface area contributed by atoms with Crippen molar-refractivity contribution in [1.82, 2.24) is 0 Å². The summed E-state index contributed by atoms with van der Waals surface area (Å²) < 4.78 is 43.4. The van der Waals surface area contributed by atoms with Gasteiger partial charge in [-0.2, -0.15) is 0 Å². The summed E-state index contributed by atoms with van der Waals surface area (Å²) in [7, 11) is 0. The third kappa shape index (κ3) is 4.03. The number of esters is 1. The molecule has 0 aromatic heterocycles. The van der Waals surface area contributed by atoms with Crippen LogP contribution in [0.4, 0.5) is 13.2 Å². The number of aliphatic hydroxyl groups excluding tert-OH is 1. The molecular formula is C12H13F3O3. The van der Waals surface area contributed by atoms with Gasteiger partial charge in [0.15, 0.2) is 11.6 Å². The van der Waals surface area contributed by atoms with Gasteiger partial charge >= 0.3 is 5.97 Å². The van der Waals surface area contributed by atoms with Crippen LogP contribution in [0.3, 0.4) is 0 Å². The van der Waals surface area contributed by atoms with Crippen LogP contribution >= 0.6 is 0 Å². The monoisotopic (exact) mass is 262 g/mol. The highest BCUT2D eigenvalue weighted by molar-refractivity contribution is 5.69. The Morgan fingerprint density at radius 3 is 2.50 bits per heavy atom. The average molecular weight is 262 g/mol. The molecule has 1 atom stereocenters. The standard InChI is InChI=1S/C12H13F3O3/c1-2-18-12(17)5-8(16)3-7-4-10(14)11(15)6-9(7)13/h4,6,8,16H,2-3,5H2,1H3/t8-/m0/s1. The zero-order valence-corrected chi connectivity index (χ0v) is 9.75. The summed E-state index contributed by atoms with van der Waals surface area (Å²) in [5.41, 5.74) is -0.189. The van der Waals surface area contributed by atoms with Gasteiger partial charge in [-0.1, -0.05) is 0 Å². The van der Waals surface area contributed by atoms with E-state index in [9.17, 15) is 23.1 Å². The zero-order chi connectivity index (χ0) is 13.7. The molecule has 1 aromatic rings. The van der Waals surface area contributed by atoms with E-state index in [1.54, 1.807) is 6.92 Å². The zero-order valence-electron chi connectivity index (χ0n) is 9.75. The highest BCUT2D eigenvalue weighted by Gasteiger charge is 2.16. The van der Waals surface area contributed by atoms with E-state index in [4.69, 9.17) is 0 Å². The number of halogens is 3. The number of carbonyl (C=O) groups excluding carboxylic acids is 1. The van der Waals surface area contributed by atoms with Crippen molar-refractivity contribution >= 4 is 5.97 Å². The van der Waals surface area contributed by atoms with Gasteiger partial charge in [-0.25, -0.2) is 13.2 Å². The smallest absolute Gasteiger partial charge is 0.308 e. The number of hydrogen-bond donors (Lipinski definition) is 1. The van der Waals surface area contributed by atoms with Crippen LogP contribution in [0, 0.1) is 17.5 Å². The molecule has 1 rings (SSSR count). The number of aliphatic hydroxyl groups is 1. The molecule has 0 radical (unpaired) electrons. The van der Waals surface area contributed by atoms with Crippen LogP contribution in [0.1, 0.15) is 18.9 Å². The van der Waals surface area contributed by atoms with E-state index >= 15 is 0 Å². The first kappa shape index (κ1) is 14.5. The van der Waals surface area contributed by atoms with Crippen molar-refractivity contribution in [1.29, 1.82) is 0 Å². The van der Waals surface area contributed by atoms with Gasteiger partial charge in [0.2, 0.25) is 0 Å². The lowest BCUT2D eigenvalue weighted by atomic mass is 10.0. The minimum Gasteiger partial charge on any atom is -0.466 e. The third-order valence-corrected chi connectivity index (χ3v) is 2.25. The molecule has 1 aromatic carbocycles. The molecule has 1 N–H and O–H groups in total. The molecular weight excluding hydrogens is 249 g/mol. The fraction of sp³-hybridized carbons (Fsp3) is 0.417. The summed E-state index contributed by atoms with van der Waals surface area (Å²) in [6.45, 7) is 1.78. The Morgan fingerprint density at radius 1 is 1.28 bits per heavy atom. The molecule has 0 heterocycles. The molecule has 18 heavy (non-hydrogen) atoms. The lowest BCUT2D eigenvalue weighted by Gasteiger charge is -2.10. The molecule has 0 saturated carbocycles. The van der Waals surface area contributed by atoms with Crippen molar-refractivity contribution in [2.24, 2.45) is 0 Å². The van der Waals surface area contributed by atoms with E-state index in [2.05, 4.69) is 4.74 Å². The molecule has 0 aliphatic carbocycles. The summed E-state index contributed by atoms with van der Waals surface area (Å²) >= 11 is 0. The van der Waals surface area contributed by atoms with E-state index in [-0.39, 0.29) is 25.0 Å². The first-order valence-electron chi connectivity index (χ1n) is 5.41. The van der Waals surface area contributed by atoms with Gasteiger partial charge in [-0.3, -0.25) is 4.79 Å². The van der Waals surface area contributed by atoms with Gasteiger partial charge in [-0.05, 0) is 18.6 Å². The van der Waals surface area contributed by atoms with Crippen LogP contribution in [0.5, 0.6) is 0 Å². The van der Waals surface area contributed by atoms with Crippen molar-refractivity contribution in [2.75, 3.05) is 6.61 Å². The van der Waals surface area contributed by atoms with E-state index in [0.717, 1.165) is 0 Å². The molecule has 0 unspecified atom stereocenters. The minimum atomic E-state index is -1.30. The SMILES string of the molecule is CCOC(=O)C[C@@H](O)Cc1cc(F)c(F)cc1F. The van der Waals surface area contributed by atoms with Crippen LogP contribution in [0.25, 0.3) is 0 Å². The van der Waals surface area contributed by atoms with Gasteiger partial charge in [-0.15, -0.1) is 0 Å². The second-order valence-electron chi connectivity index (χ2n) is 3.72. The maximum Gasteiger partial charge on any atom is 0.308 e. The summed E-state index contributed by atoms with van der Waals surface area (Å²) in [5, 5.41) is 9.50. The first-order valence-corrected chi connectivity index (χ1v) is 5.41. The van der Waals surface area contributed by atoms with E-state index in [0.29, 0.717) is 12.1 Å². The molecule has 100 valence electrons. The number of ether oxygens (including phenoxy) is 1. The second-order valence-corrected chi connectivity index (χ2v) is 3.72. The molecule has 0 saturated heterocycles. The molecule has 6 heteroatoms. The number of benzene rings is 1. The first-order chi connectivity index (χ1) is 8.43. The molecule has 0 fully saturated rings. The third-order valence-electron chi connectivity index (χ3n) is 2.25. The summed E-state index contributed by atoms with van der Waals surface area (Å²) in [5.74, 6) is -4.09. The van der Waals surface area contributed by atoms with Crippen molar-refractivity contribution in [3.63, 3.8) is 0 Å². The highest BCUT2D eigenvalue weighted by Crippen LogP contribution is 2.16. The Balaban J connectivity index is 2.67. The van der Waals surface area contributed by atoms with Crippen molar-refractivity contribution in [2.45, 2.75) is 25.9 Å². The molecule has 0 amide bonds. The molecule has 0 aliphatic rings. The Bertz CT molecular complexity index is 435. The number of carbonyl (C=O) groups is 1. The molecule has 0 spiro atoms. The van der Waals surface area contributed by atoms with Crippen molar-refractivity contribution < 1.29 is 27.8 Å². The minimum absolute atomic E-state index is 0.172. The quantitative estimate of drug-likeness (QED) is 0.651. The van der Waals surface area contributed by atoms with Gasteiger partial charge in [0, 0.05) is 12.5 Å². The van der Waals surface area contributed by atoms with Crippen LogP contribution in [-0.4, -0.2) is 23.8 Å². The van der Waals surface area contributed by atoms with Gasteiger partial charge in [0.05, 0.1) is 19.1 Å². The number of rotatable bonds is 5. The maximum atomic E-state index is 13.2. The van der Waals surface area contributed by atoms with E-state index in [1.807, 2.05) is 0 Å². The van der Waals surface area contributed by atoms with Crippen LogP contribution in [0.2, 0.25) is 0 Å². The normalized spacial score (nSPS) is 12.3. The largest absolute Gasteiger partial charge is 0.466 e. The topological polar surface area (TPSA) is 46.5 Å². The molecule has 0 aliphatic heterocycles. The predicted octanol–water partition coefficient (Wildman–Crippen LogP) is 1.96. The Labute approximate surface area is 102 Å². The van der Waals surface area contributed by atoms with E-state index < -0.39 is 29.5 Å². The van der Waals surface area contributed by atoms with Crippen molar-refractivity contribution in [3.8, 4) is 0 Å². The fourth-order valence-corrected chi connectivity index (χ4v) is 1.46. The predicted molar refractivity (Wildman–Crippen MR) is 57.3 cm³/mol. The summed E-state index contributed by atoms with van der Waals surface area (Å²) in [6, 6.07) is 1.07. The summed E-state index contributed by atoms with van der Waals surface area (Å²) in [4.78, 5) is 11.0. The van der Waals surface area contributed by atoms with Crippen LogP contribution < -0.4 is 0 Å².